The highest BCUT2D eigenvalue weighted by atomic mass is 31.2. The number of likely N-dealkylation sites (N-methyl/N-ethyl adjacent to an activating group) is 1. The van der Waals surface area contributed by atoms with Crippen molar-refractivity contribution in [1.29, 1.82) is 0 Å². The molecule has 0 bridgehead atoms. The topological polar surface area (TPSA) is 131 Å². The molecule has 0 rings (SSSR count). The molecule has 1 unspecified atom stereocenters. The zero-order valence-corrected chi connectivity index (χ0v) is 37.4. The van der Waals surface area contributed by atoms with Crippen LogP contribution < -0.4 is 4.89 Å². The van der Waals surface area contributed by atoms with Crippen LogP contribution in [-0.4, -0.2) is 81.7 Å². The van der Waals surface area contributed by atoms with Crippen molar-refractivity contribution in [3.63, 3.8) is 0 Å². The van der Waals surface area contributed by atoms with E-state index >= 15 is 0 Å². The van der Waals surface area contributed by atoms with E-state index in [2.05, 4.69) is 61.6 Å². The first-order chi connectivity index (χ1) is 27.5. The van der Waals surface area contributed by atoms with Crippen molar-refractivity contribution in [2.45, 2.75) is 167 Å². The van der Waals surface area contributed by atoms with Crippen LogP contribution in [0.3, 0.4) is 0 Å². The Hall–Kier alpha value is -2.33. The zero-order chi connectivity index (χ0) is 42.1. The molecule has 0 spiro atoms. The van der Waals surface area contributed by atoms with Gasteiger partial charge in [0, 0.05) is 19.4 Å². The fourth-order valence-electron chi connectivity index (χ4n) is 5.56. The average molecular weight is 824 g/mol. The van der Waals surface area contributed by atoms with Crippen LogP contribution >= 0.6 is 7.82 Å². The summed E-state index contributed by atoms with van der Waals surface area (Å²) in [5, 5.41) is 8.80. The number of aliphatic hydroxyl groups excluding tert-OH is 1. The highest BCUT2D eigenvalue weighted by Crippen LogP contribution is 2.38. The number of ether oxygens (including phenoxy) is 2. The third-order valence-corrected chi connectivity index (χ3v) is 10.0. The zero-order valence-electron chi connectivity index (χ0n) is 36.5. The predicted molar refractivity (Wildman–Crippen MR) is 233 cm³/mol. The number of hydrogen-bond donors (Lipinski definition) is 1. The number of carbonyl (C=O) groups excluding carboxylic acids is 2. The second-order valence-electron chi connectivity index (χ2n) is 15.8. The van der Waals surface area contributed by atoms with Crippen molar-refractivity contribution >= 4 is 19.8 Å². The molecule has 0 aliphatic rings. The van der Waals surface area contributed by atoms with E-state index in [1.807, 2.05) is 27.2 Å². The summed E-state index contributed by atoms with van der Waals surface area (Å²) in [4.78, 5) is 37.5. The van der Waals surface area contributed by atoms with Gasteiger partial charge in [-0.15, -0.1) is 0 Å². The molecular formula is C46H82NO9P. The molecule has 11 heteroatoms. The van der Waals surface area contributed by atoms with Gasteiger partial charge in [-0.2, -0.15) is 0 Å². The van der Waals surface area contributed by atoms with Crippen LogP contribution in [0, 0.1) is 0 Å². The van der Waals surface area contributed by atoms with Gasteiger partial charge >= 0.3 is 11.9 Å². The Labute approximate surface area is 348 Å². The van der Waals surface area contributed by atoms with Crippen LogP contribution in [-0.2, 0) is 32.7 Å². The summed E-state index contributed by atoms with van der Waals surface area (Å²) in [5.74, 6) is -0.923. The maximum absolute atomic E-state index is 12.6. The van der Waals surface area contributed by atoms with E-state index in [1.165, 1.54) is 51.4 Å². The van der Waals surface area contributed by atoms with Crippen molar-refractivity contribution < 1.29 is 47.2 Å². The molecule has 10 nitrogen and oxygen atoms in total. The van der Waals surface area contributed by atoms with E-state index in [4.69, 9.17) is 23.6 Å². The molecule has 0 aliphatic carbocycles. The minimum Gasteiger partial charge on any atom is -0.756 e. The van der Waals surface area contributed by atoms with E-state index < -0.39 is 32.5 Å². The first-order valence-electron chi connectivity index (χ1n) is 22.1. The lowest BCUT2D eigenvalue weighted by Gasteiger charge is -2.28. The van der Waals surface area contributed by atoms with Gasteiger partial charge in [0.2, 0.25) is 0 Å². The second-order valence-corrected chi connectivity index (χ2v) is 17.2. The molecule has 1 N–H and O–H groups in total. The molecule has 0 radical (unpaired) electrons. The third kappa shape index (κ3) is 43.1. The molecule has 0 aromatic rings. The van der Waals surface area contributed by atoms with E-state index in [1.54, 1.807) is 0 Å². The minimum atomic E-state index is -4.65. The number of quaternary nitrogens is 1. The average Bonchev–Trinajstić information content (AvgIpc) is 3.16. The number of aliphatic hydroxyl groups is 1. The number of hydrogen-bond acceptors (Lipinski definition) is 9. The second kappa shape index (κ2) is 39.1. The smallest absolute Gasteiger partial charge is 0.306 e. The number of carbonyl (C=O) groups is 2. The van der Waals surface area contributed by atoms with Crippen LogP contribution in [0.15, 0.2) is 60.8 Å². The number of nitrogens with zero attached hydrogens (tertiary/aromatic N) is 1. The van der Waals surface area contributed by atoms with Crippen LogP contribution in [0.1, 0.15) is 161 Å². The van der Waals surface area contributed by atoms with E-state index in [0.29, 0.717) is 30.3 Å². The van der Waals surface area contributed by atoms with Gasteiger partial charge < -0.3 is 33.0 Å². The summed E-state index contributed by atoms with van der Waals surface area (Å²) in [6, 6.07) is 0. The molecular weight excluding hydrogens is 741 g/mol. The molecule has 0 aromatic heterocycles. The predicted octanol–water partition coefficient (Wildman–Crippen LogP) is 10.8. The Kier molecular flexibility index (Phi) is 37.5. The van der Waals surface area contributed by atoms with Crippen molar-refractivity contribution in [1.82, 2.24) is 0 Å². The highest BCUT2D eigenvalue weighted by molar-refractivity contribution is 7.45. The number of esters is 2. The van der Waals surface area contributed by atoms with Crippen LogP contribution in [0.4, 0.5) is 0 Å². The normalized spacial score (nSPS) is 14.1. The van der Waals surface area contributed by atoms with Crippen molar-refractivity contribution in [3.05, 3.63) is 60.8 Å². The molecule has 2 atom stereocenters. The highest BCUT2D eigenvalue weighted by Gasteiger charge is 2.21. The third-order valence-electron chi connectivity index (χ3n) is 9.06. The van der Waals surface area contributed by atoms with Gasteiger partial charge in [-0.3, -0.25) is 14.2 Å². The van der Waals surface area contributed by atoms with Gasteiger partial charge in [-0.05, 0) is 83.5 Å². The van der Waals surface area contributed by atoms with Crippen molar-refractivity contribution in [2.75, 3.05) is 54.1 Å². The lowest BCUT2D eigenvalue weighted by atomic mass is 10.1. The quantitative estimate of drug-likeness (QED) is 0.0211. The fourth-order valence-corrected chi connectivity index (χ4v) is 6.29. The lowest BCUT2D eigenvalue weighted by molar-refractivity contribution is -0.870. The van der Waals surface area contributed by atoms with Crippen molar-refractivity contribution in [3.8, 4) is 0 Å². The van der Waals surface area contributed by atoms with Gasteiger partial charge in [-0.1, -0.05) is 125 Å². The van der Waals surface area contributed by atoms with Gasteiger partial charge in [0.15, 0.2) is 6.10 Å². The molecule has 0 heterocycles. The minimum absolute atomic E-state index is 0.0489. The van der Waals surface area contributed by atoms with E-state index in [-0.39, 0.29) is 32.7 Å². The Morgan fingerprint density at radius 2 is 1.05 bits per heavy atom. The molecule has 0 amide bonds. The summed E-state index contributed by atoms with van der Waals surface area (Å²) in [6.07, 6.45) is 44.1. The number of unbranched alkanes of at least 4 members (excludes halogenated alkanes) is 15. The van der Waals surface area contributed by atoms with Crippen LogP contribution in [0.2, 0.25) is 0 Å². The van der Waals surface area contributed by atoms with Crippen molar-refractivity contribution in [2.24, 2.45) is 0 Å². The Morgan fingerprint density at radius 1 is 0.596 bits per heavy atom. The van der Waals surface area contributed by atoms with Crippen LogP contribution in [0.5, 0.6) is 0 Å². The first-order valence-corrected chi connectivity index (χ1v) is 23.6. The van der Waals surface area contributed by atoms with Crippen LogP contribution in [0.25, 0.3) is 0 Å². The maximum Gasteiger partial charge on any atom is 0.306 e. The SMILES string of the molecule is CCCCCC/C=C\CCCCCCCCCC(=O)OC[C@H](COP(=O)([O-])OCC[N+](C)(C)C)OC(=O)CCC/C=C\C/C=C\C/C=C\C/C=C\CCCCCO. The van der Waals surface area contributed by atoms with Gasteiger partial charge in [0.1, 0.15) is 19.8 Å². The fraction of sp³-hybridized carbons (Fsp3) is 0.739. The first kappa shape index (κ1) is 54.7. The number of phosphoric ester groups is 1. The number of phosphoric acid groups is 1. The summed E-state index contributed by atoms with van der Waals surface area (Å²) in [5.41, 5.74) is 0. The molecule has 0 aromatic carbocycles. The number of rotatable bonds is 40. The maximum atomic E-state index is 12.6. The molecule has 57 heavy (non-hydrogen) atoms. The standard InChI is InChI=1S/C46H82NO9P/c1-5-6-7-8-9-10-11-12-16-19-22-25-28-31-34-37-45(49)53-42-44(43-55-57(51,52)54-41-39-47(2,3)4)56-46(50)38-35-32-29-26-23-20-17-14-13-15-18-21-24-27-30-33-36-40-48/h10-11,13,15,17,20-21,24,26,29,44,48H,5-9,12,14,16,18-19,22-23,25,27-28,30-43H2,1-4H3/b11-10-,15-13-,20-17-,24-21-,29-26-/t44-/m1/s1. The largest absolute Gasteiger partial charge is 0.756 e. The van der Waals surface area contributed by atoms with Gasteiger partial charge in [0.25, 0.3) is 7.82 Å². The summed E-state index contributed by atoms with van der Waals surface area (Å²) in [6.45, 7) is 2.13. The lowest BCUT2D eigenvalue weighted by Crippen LogP contribution is -2.37. The molecule has 330 valence electrons. The Bertz CT molecular complexity index is 1160. The Morgan fingerprint density at radius 3 is 1.60 bits per heavy atom. The molecule has 0 fully saturated rings. The Balaban J connectivity index is 4.47. The van der Waals surface area contributed by atoms with E-state index in [9.17, 15) is 19.0 Å². The van der Waals surface area contributed by atoms with Gasteiger partial charge in [-0.25, -0.2) is 0 Å². The summed E-state index contributed by atoms with van der Waals surface area (Å²) < 4.78 is 33.8. The summed E-state index contributed by atoms with van der Waals surface area (Å²) >= 11 is 0. The van der Waals surface area contributed by atoms with E-state index in [0.717, 1.165) is 70.6 Å². The monoisotopic (exact) mass is 824 g/mol. The summed E-state index contributed by atoms with van der Waals surface area (Å²) in [7, 11) is 1.10. The van der Waals surface area contributed by atoms with Gasteiger partial charge in [0.05, 0.1) is 27.7 Å². The number of allylic oxidation sites excluding steroid dienone is 10. The molecule has 0 saturated carbocycles. The molecule has 0 saturated heterocycles. The molecule has 0 aliphatic heterocycles.